The number of rotatable bonds is 5. The van der Waals surface area contributed by atoms with E-state index in [2.05, 4.69) is 31.4 Å². The highest BCUT2D eigenvalue weighted by atomic mass is 79.9. The molecule has 0 unspecified atom stereocenters. The Morgan fingerprint density at radius 2 is 2.08 bits per heavy atom. The number of aryl methyl sites for hydroxylation is 1. The largest absolute Gasteiger partial charge is 0.307 e. The van der Waals surface area contributed by atoms with Crippen LogP contribution in [-0.2, 0) is 17.9 Å². The molecule has 130 valence electrons. The number of hydrogen-bond acceptors (Lipinski definition) is 3. The number of amides is 1. The monoisotopic (exact) mass is 441 g/mol. The van der Waals surface area contributed by atoms with Crippen molar-refractivity contribution >= 4 is 50.9 Å². The van der Waals surface area contributed by atoms with E-state index in [0.29, 0.717) is 26.9 Å². The average Bonchev–Trinajstić information content (AvgIpc) is 3.09. The van der Waals surface area contributed by atoms with Gasteiger partial charge in [-0.2, -0.15) is 10.2 Å². The number of carbonyl (C=O) groups excluding carboxylic acids is 1. The summed E-state index contributed by atoms with van der Waals surface area (Å²) in [7, 11) is 0. The predicted molar refractivity (Wildman–Crippen MR) is 101 cm³/mol. The first kappa shape index (κ1) is 18.0. The Hall–Kier alpha value is -1.83. The molecule has 9 heteroatoms. The molecule has 3 aromatic rings. The molecule has 0 saturated heterocycles. The van der Waals surface area contributed by atoms with E-state index in [1.165, 1.54) is 0 Å². The van der Waals surface area contributed by atoms with E-state index in [1.54, 1.807) is 33.9 Å². The van der Waals surface area contributed by atoms with Gasteiger partial charge in [0.05, 0.1) is 21.1 Å². The van der Waals surface area contributed by atoms with Gasteiger partial charge in [0, 0.05) is 18.1 Å². The summed E-state index contributed by atoms with van der Waals surface area (Å²) in [5, 5.41) is 12.3. The van der Waals surface area contributed by atoms with Gasteiger partial charge in [-0.3, -0.25) is 14.2 Å². The molecule has 0 fully saturated rings. The maximum Gasteiger partial charge on any atom is 0.247 e. The summed E-state index contributed by atoms with van der Waals surface area (Å²) in [6, 6.07) is 7.25. The minimum absolute atomic E-state index is 0.130. The maximum absolute atomic E-state index is 12.2. The summed E-state index contributed by atoms with van der Waals surface area (Å²) in [5.41, 5.74) is 1.87. The number of nitrogens with zero attached hydrogens (tertiary/aromatic N) is 4. The normalized spacial score (nSPS) is 10.9. The van der Waals surface area contributed by atoms with E-state index >= 15 is 0 Å². The summed E-state index contributed by atoms with van der Waals surface area (Å²) in [6.45, 7) is 2.52. The van der Waals surface area contributed by atoms with E-state index in [1.807, 2.05) is 19.1 Å². The van der Waals surface area contributed by atoms with Crippen LogP contribution in [0.2, 0.25) is 10.0 Å². The van der Waals surface area contributed by atoms with E-state index in [4.69, 9.17) is 23.2 Å². The Bertz CT molecular complexity index is 921. The zero-order valence-electron chi connectivity index (χ0n) is 13.2. The molecular weight excluding hydrogens is 429 g/mol. The number of anilines is 1. The van der Waals surface area contributed by atoms with Crippen LogP contribution in [0.25, 0.3) is 0 Å². The topological polar surface area (TPSA) is 64.7 Å². The highest BCUT2D eigenvalue weighted by molar-refractivity contribution is 9.10. The lowest BCUT2D eigenvalue weighted by molar-refractivity contribution is -0.117. The molecule has 0 bridgehead atoms. The zero-order valence-corrected chi connectivity index (χ0v) is 16.3. The number of carbonyl (C=O) groups is 1. The minimum Gasteiger partial charge on any atom is -0.307 e. The highest BCUT2D eigenvalue weighted by Gasteiger charge is 2.12. The van der Waals surface area contributed by atoms with Crippen molar-refractivity contribution in [2.24, 2.45) is 0 Å². The lowest BCUT2D eigenvalue weighted by atomic mass is 10.2. The van der Waals surface area contributed by atoms with Crippen LogP contribution in [0.5, 0.6) is 0 Å². The second-order valence-corrected chi connectivity index (χ2v) is 7.12. The van der Waals surface area contributed by atoms with Crippen molar-refractivity contribution in [3.05, 3.63) is 62.4 Å². The van der Waals surface area contributed by atoms with Crippen LogP contribution < -0.4 is 5.32 Å². The molecule has 0 aliphatic carbocycles. The van der Waals surface area contributed by atoms with Crippen molar-refractivity contribution in [2.75, 3.05) is 5.32 Å². The minimum atomic E-state index is -0.202. The zero-order chi connectivity index (χ0) is 18.0. The molecule has 25 heavy (non-hydrogen) atoms. The summed E-state index contributed by atoms with van der Waals surface area (Å²) < 4.78 is 4.02. The van der Waals surface area contributed by atoms with Crippen LogP contribution in [0.15, 0.2) is 41.1 Å². The third-order valence-electron chi connectivity index (χ3n) is 3.53. The standard InChI is InChI=1S/C16H14BrCl2N5O/c1-10-4-5-20-24(10)9-15(25)21-16-12(17)8-23(22-16)7-11-2-3-13(18)14(19)6-11/h2-6,8H,7,9H2,1H3,(H,21,22,25). The van der Waals surface area contributed by atoms with Gasteiger partial charge in [-0.1, -0.05) is 29.3 Å². The average molecular weight is 443 g/mol. The molecule has 0 aliphatic heterocycles. The number of halogens is 3. The van der Waals surface area contributed by atoms with Gasteiger partial charge in [-0.05, 0) is 46.6 Å². The van der Waals surface area contributed by atoms with Gasteiger partial charge in [-0.15, -0.1) is 0 Å². The fraction of sp³-hybridized carbons (Fsp3) is 0.188. The van der Waals surface area contributed by atoms with Gasteiger partial charge in [-0.25, -0.2) is 0 Å². The molecule has 2 aromatic heterocycles. The van der Waals surface area contributed by atoms with Crippen molar-refractivity contribution in [3.63, 3.8) is 0 Å². The van der Waals surface area contributed by atoms with E-state index in [9.17, 15) is 4.79 Å². The summed E-state index contributed by atoms with van der Waals surface area (Å²) in [5.74, 6) is 0.252. The van der Waals surface area contributed by atoms with Gasteiger partial charge in [0.1, 0.15) is 6.54 Å². The molecule has 0 spiro atoms. The molecule has 0 saturated carbocycles. The first-order valence-corrected chi connectivity index (χ1v) is 8.92. The molecule has 3 rings (SSSR count). The third-order valence-corrected chi connectivity index (χ3v) is 4.85. The summed E-state index contributed by atoms with van der Waals surface area (Å²) in [4.78, 5) is 12.2. The quantitative estimate of drug-likeness (QED) is 0.645. The van der Waals surface area contributed by atoms with Gasteiger partial charge < -0.3 is 5.32 Å². The molecule has 1 N–H and O–H groups in total. The van der Waals surface area contributed by atoms with E-state index in [0.717, 1.165) is 11.3 Å². The fourth-order valence-electron chi connectivity index (χ4n) is 2.26. The number of nitrogens with one attached hydrogen (secondary N) is 1. The second-order valence-electron chi connectivity index (χ2n) is 5.45. The predicted octanol–water partition coefficient (Wildman–Crippen LogP) is 4.14. The van der Waals surface area contributed by atoms with Gasteiger partial charge in [0.15, 0.2) is 5.82 Å². The number of benzene rings is 1. The lowest BCUT2D eigenvalue weighted by Crippen LogP contribution is -2.20. The lowest BCUT2D eigenvalue weighted by Gasteiger charge is -2.05. The van der Waals surface area contributed by atoms with Crippen LogP contribution in [0, 0.1) is 6.92 Å². The molecule has 0 aliphatic rings. The first-order chi connectivity index (χ1) is 11.9. The van der Waals surface area contributed by atoms with E-state index in [-0.39, 0.29) is 12.5 Å². The smallest absolute Gasteiger partial charge is 0.247 e. The van der Waals surface area contributed by atoms with E-state index < -0.39 is 0 Å². The molecule has 0 radical (unpaired) electrons. The Morgan fingerprint density at radius 1 is 1.28 bits per heavy atom. The fourth-order valence-corrected chi connectivity index (χ4v) is 3.00. The Balaban J connectivity index is 1.68. The molecule has 0 atom stereocenters. The first-order valence-electron chi connectivity index (χ1n) is 7.37. The maximum atomic E-state index is 12.2. The van der Waals surface area contributed by atoms with Crippen molar-refractivity contribution in [1.82, 2.24) is 19.6 Å². The highest BCUT2D eigenvalue weighted by Crippen LogP contribution is 2.24. The van der Waals surface area contributed by atoms with Gasteiger partial charge >= 0.3 is 0 Å². The van der Waals surface area contributed by atoms with Gasteiger partial charge in [0.2, 0.25) is 5.91 Å². The van der Waals surface area contributed by atoms with Gasteiger partial charge in [0.25, 0.3) is 0 Å². The van der Waals surface area contributed by atoms with Crippen LogP contribution in [-0.4, -0.2) is 25.5 Å². The van der Waals surface area contributed by atoms with Crippen molar-refractivity contribution in [1.29, 1.82) is 0 Å². The Kier molecular flexibility index (Phi) is 5.46. The van der Waals surface area contributed by atoms with Crippen molar-refractivity contribution < 1.29 is 4.79 Å². The molecule has 6 nitrogen and oxygen atoms in total. The Morgan fingerprint density at radius 3 is 2.76 bits per heavy atom. The summed E-state index contributed by atoms with van der Waals surface area (Å²) >= 11 is 15.4. The molecule has 1 amide bonds. The molecular formula is C16H14BrCl2N5O. The molecule has 2 heterocycles. The molecule has 1 aromatic carbocycles. The van der Waals surface area contributed by atoms with Crippen LogP contribution in [0.1, 0.15) is 11.3 Å². The van der Waals surface area contributed by atoms with Crippen LogP contribution in [0.4, 0.5) is 5.82 Å². The van der Waals surface area contributed by atoms with Crippen LogP contribution >= 0.6 is 39.1 Å². The SMILES string of the molecule is Cc1ccnn1CC(=O)Nc1nn(Cc2ccc(Cl)c(Cl)c2)cc1Br. The summed E-state index contributed by atoms with van der Waals surface area (Å²) in [6.07, 6.45) is 3.45. The number of hydrogen-bond donors (Lipinski definition) is 1. The second kappa shape index (κ2) is 7.59. The Labute approximate surface area is 162 Å². The third kappa shape index (κ3) is 4.42. The van der Waals surface area contributed by atoms with Crippen molar-refractivity contribution in [2.45, 2.75) is 20.0 Å². The number of aromatic nitrogens is 4. The van der Waals surface area contributed by atoms with Crippen molar-refractivity contribution in [3.8, 4) is 0 Å². The van der Waals surface area contributed by atoms with Crippen LogP contribution in [0.3, 0.4) is 0 Å².